The van der Waals surface area contributed by atoms with Gasteiger partial charge >= 0.3 is 7.60 Å². The minimum Gasteiger partial charge on any atom is -0.365 e. The first-order valence-electron chi connectivity index (χ1n) is 8.72. The molecule has 0 saturated carbocycles. The molecule has 0 bridgehead atoms. The monoisotopic (exact) mass is 412 g/mol. The Morgan fingerprint density at radius 3 is 2.26 bits per heavy atom. The van der Waals surface area contributed by atoms with Gasteiger partial charge in [0.15, 0.2) is 0 Å². The van der Waals surface area contributed by atoms with Gasteiger partial charge in [-0.3, -0.25) is 4.57 Å². The van der Waals surface area contributed by atoms with Gasteiger partial charge in [-0.15, -0.1) is 0 Å². The number of sulfone groups is 1. The number of allylic oxidation sites excluding steroid dienone is 1. The van der Waals surface area contributed by atoms with Crippen molar-refractivity contribution in [2.24, 2.45) is 5.92 Å². The molecule has 2 atom stereocenters. The van der Waals surface area contributed by atoms with Gasteiger partial charge < -0.3 is 13.9 Å². The standard InChI is InChI=1S/C18H25N2O5PS/c1-5-24-26(21,25-6-2)18-15(12-19)11-17(13-20(18)4)27(22,23)16-9-7-14(3)8-10-16/h7-10,13,15,18H,5-6,11H2,1-4H3/t15-,18-/m0/s1. The van der Waals surface area contributed by atoms with Gasteiger partial charge in [-0.2, -0.15) is 5.26 Å². The lowest BCUT2D eigenvalue weighted by Crippen LogP contribution is -2.39. The summed E-state index contributed by atoms with van der Waals surface area (Å²) in [5.74, 6) is -1.71. The fourth-order valence-electron chi connectivity index (χ4n) is 3.12. The first-order chi connectivity index (χ1) is 12.7. The van der Waals surface area contributed by atoms with Gasteiger partial charge in [0.2, 0.25) is 9.84 Å². The SMILES string of the molecule is CCOP(=O)(OCC)[C@H]1[C@H](C#N)CC(S(=O)(=O)c2ccc(C)cc2)=CN1C. The molecule has 1 aliphatic heterocycles. The van der Waals surface area contributed by atoms with E-state index in [1.54, 1.807) is 45.2 Å². The largest absolute Gasteiger partial charge is 0.365 e. The molecule has 1 aliphatic rings. The minimum absolute atomic E-state index is 0.0497. The molecule has 1 heterocycles. The topological polar surface area (TPSA) is 96.7 Å². The third-order valence-electron chi connectivity index (χ3n) is 4.33. The lowest BCUT2D eigenvalue weighted by molar-refractivity contribution is 0.176. The average Bonchev–Trinajstić information content (AvgIpc) is 2.61. The van der Waals surface area contributed by atoms with E-state index in [9.17, 15) is 18.2 Å². The van der Waals surface area contributed by atoms with E-state index in [-0.39, 0.29) is 29.4 Å². The summed E-state index contributed by atoms with van der Waals surface area (Å²) in [6.07, 6.45) is 1.38. The van der Waals surface area contributed by atoms with Crippen LogP contribution in [0.4, 0.5) is 0 Å². The number of nitrogens with zero attached hydrogens (tertiary/aromatic N) is 2. The van der Waals surface area contributed by atoms with Crippen LogP contribution in [0.5, 0.6) is 0 Å². The van der Waals surface area contributed by atoms with Crippen molar-refractivity contribution in [3.8, 4) is 6.07 Å². The molecule has 0 amide bonds. The molecule has 2 rings (SSSR count). The predicted molar refractivity (Wildman–Crippen MR) is 103 cm³/mol. The molecule has 27 heavy (non-hydrogen) atoms. The van der Waals surface area contributed by atoms with E-state index < -0.39 is 29.1 Å². The van der Waals surface area contributed by atoms with Crippen LogP contribution >= 0.6 is 7.60 Å². The van der Waals surface area contributed by atoms with Crippen molar-refractivity contribution < 1.29 is 22.0 Å². The van der Waals surface area contributed by atoms with Crippen molar-refractivity contribution in [1.29, 1.82) is 5.26 Å². The van der Waals surface area contributed by atoms with Gasteiger partial charge in [-0.1, -0.05) is 17.7 Å². The highest BCUT2D eigenvalue weighted by atomic mass is 32.2. The Hall–Kier alpha value is -1.65. The molecule has 0 fully saturated rings. The summed E-state index contributed by atoms with van der Waals surface area (Å²) < 4.78 is 49.9. The number of benzene rings is 1. The van der Waals surface area contributed by atoms with E-state index in [0.717, 1.165) is 5.56 Å². The van der Waals surface area contributed by atoms with Gasteiger partial charge in [0, 0.05) is 19.7 Å². The summed E-state index contributed by atoms with van der Waals surface area (Å²) >= 11 is 0. The number of nitriles is 1. The smallest absolute Gasteiger partial charge is 0.354 e. The van der Waals surface area contributed by atoms with Crippen LogP contribution in [0, 0.1) is 24.2 Å². The number of hydrogen-bond donors (Lipinski definition) is 0. The van der Waals surface area contributed by atoms with Gasteiger partial charge in [0.05, 0.1) is 35.0 Å². The van der Waals surface area contributed by atoms with Crippen molar-refractivity contribution in [2.45, 2.75) is 37.9 Å². The molecular formula is C18H25N2O5PS. The molecule has 1 aromatic rings. The van der Waals surface area contributed by atoms with E-state index in [1.807, 2.05) is 6.92 Å². The van der Waals surface area contributed by atoms with Crippen LogP contribution < -0.4 is 0 Å². The Labute approximate surface area is 161 Å². The van der Waals surface area contributed by atoms with Crippen molar-refractivity contribution in [1.82, 2.24) is 4.90 Å². The molecule has 0 radical (unpaired) electrons. The number of rotatable bonds is 7. The van der Waals surface area contributed by atoms with E-state index in [1.165, 1.54) is 11.1 Å². The molecule has 148 valence electrons. The summed E-state index contributed by atoms with van der Waals surface area (Å²) in [6.45, 7) is 5.59. The molecule has 0 spiro atoms. The van der Waals surface area contributed by atoms with Crippen LogP contribution in [-0.4, -0.2) is 39.4 Å². The maximum absolute atomic E-state index is 13.2. The predicted octanol–water partition coefficient (Wildman–Crippen LogP) is 3.68. The molecule has 7 nitrogen and oxygen atoms in total. The summed E-state index contributed by atoms with van der Waals surface area (Å²) in [7, 11) is -5.78. The van der Waals surface area contributed by atoms with Crippen molar-refractivity contribution >= 4 is 17.4 Å². The Balaban J connectivity index is 2.46. The van der Waals surface area contributed by atoms with Crippen LogP contribution in [0.1, 0.15) is 25.8 Å². The van der Waals surface area contributed by atoms with Gasteiger partial charge in [-0.25, -0.2) is 8.42 Å². The normalized spacial score (nSPS) is 20.9. The van der Waals surface area contributed by atoms with Crippen LogP contribution in [0.3, 0.4) is 0 Å². The zero-order chi connectivity index (χ0) is 20.2. The van der Waals surface area contributed by atoms with Gasteiger partial charge in [-0.05, 0) is 32.9 Å². The average molecular weight is 412 g/mol. The molecular weight excluding hydrogens is 387 g/mol. The van der Waals surface area contributed by atoms with Crippen molar-refractivity contribution in [3.05, 3.63) is 40.9 Å². The van der Waals surface area contributed by atoms with Crippen LogP contribution in [0.25, 0.3) is 0 Å². The highest BCUT2D eigenvalue weighted by Gasteiger charge is 2.47. The zero-order valence-electron chi connectivity index (χ0n) is 16.0. The lowest BCUT2D eigenvalue weighted by atomic mass is 10.0. The third-order valence-corrected chi connectivity index (χ3v) is 8.79. The van der Waals surface area contributed by atoms with Crippen molar-refractivity contribution in [3.63, 3.8) is 0 Å². The van der Waals surface area contributed by atoms with Crippen LogP contribution in [0.15, 0.2) is 40.3 Å². The zero-order valence-corrected chi connectivity index (χ0v) is 17.7. The maximum Gasteiger partial charge on any atom is 0.354 e. The summed E-state index contributed by atoms with van der Waals surface area (Å²) in [5.41, 5.74) is 0.952. The second-order valence-electron chi connectivity index (χ2n) is 6.31. The lowest BCUT2D eigenvalue weighted by Gasteiger charge is -2.38. The summed E-state index contributed by atoms with van der Waals surface area (Å²) in [6, 6.07) is 8.63. The summed E-state index contributed by atoms with van der Waals surface area (Å²) in [4.78, 5) is 1.75. The molecule has 0 saturated heterocycles. The number of aryl methyl sites for hydroxylation is 1. The Morgan fingerprint density at radius 2 is 1.78 bits per heavy atom. The molecule has 9 heteroatoms. The molecule has 1 aromatic carbocycles. The Morgan fingerprint density at radius 1 is 1.22 bits per heavy atom. The van der Waals surface area contributed by atoms with E-state index >= 15 is 0 Å². The number of hydrogen-bond acceptors (Lipinski definition) is 7. The minimum atomic E-state index is -3.75. The second kappa shape index (κ2) is 8.57. The first kappa shape index (κ1) is 21.6. The highest BCUT2D eigenvalue weighted by Crippen LogP contribution is 2.58. The van der Waals surface area contributed by atoms with Crippen LogP contribution in [0.2, 0.25) is 0 Å². The molecule has 0 aromatic heterocycles. The molecule has 0 N–H and O–H groups in total. The van der Waals surface area contributed by atoms with Crippen LogP contribution in [-0.2, 0) is 23.4 Å². The highest BCUT2D eigenvalue weighted by molar-refractivity contribution is 7.95. The molecule has 0 aliphatic carbocycles. The van der Waals surface area contributed by atoms with E-state index in [2.05, 4.69) is 6.07 Å². The Kier molecular flexibility index (Phi) is 6.87. The first-order valence-corrected chi connectivity index (χ1v) is 11.8. The maximum atomic E-state index is 13.2. The van der Waals surface area contributed by atoms with Crippen molar-refractivity contribution in [2.75, 3.05) is 20.3 Å². The fourth-order valence-corrected chi connectivity index (χ4v) is 6.84. The van der Waals surface area contributed by atoms with E-state index in [0.29, 0.717) is 0 Å². The molecule has 0 unspecified atom stereocenters. The second-order valence-corrected chi connectivity index (χ2v) is 10.4. The Bertz CT molecular complexity index is 879. The summed E-state index contributed by atoms with van der Waals surface area (Å²) in [5, 5.41) is 9.64. The fraction of sp³-hybridized carbons (Fsp3) is 0.500. The third kappa shape index (κ3) is 4.44. The van der Waals surface area contributed by atoms with Gasteiger partial charge in [0.25, 0.3) is 0 Å². The van der Waals surface area contributed by atoms with E-state index in [4.69, 9.17) is 9.05 Å². The quantitative estimate of drug-likeness (QED) is 0.630. The van der Waals surface area contributed by atoms with Gasteiger partial charge in [0.1, 0.15) is 5.78 Å².